The van der Waals surface area contributed by atoms with Gasteiger partial charge < -0.3 is 0 Å². The summed E-state index contributed by atoms with van der Waals surface area (Å²) < 4.78 is 0. The Labute approximate surface area is 137 Å². The third-order valence-electron chi connectivity index (χ3n) is 5.31. The highest BCUT2D eigenvalue weighted by molar-refractivity contribution is 5.97. The van der Waals surface area contributed by atoms with E-state index in [9.17, 15) is 4.79 Å². The van der Waals surface area contributed by atoms with Crippen LogP contribution in [0.2, 0.25) is 0 Å². The van der Waals surface area contributed by atoms with Crippen molar-refractivity contribution in [2.24, 2.45) is 17.8 Å². The molecule has 2 aromatic rings. The summed E-state index contributed by atoms with van der Waals surface area (Å²) in [5, 5.41) is 0. The van der Waals surface area contributed by atoms with Crippen molar-refractivity contribution in [1.82, 2.24) is 4.98 Å². The van der Waals surface area contributed by atoms with Gasteiger partial charge in [-0.05, 0) is 49.8 Å². The lowest BCUT2D eigenvalue weighted by molar-refractivity contribution is 0.0881. The molecule has 2 bridgehead atoms. The van der Waals surface area contributed by atoms with Crippen LogP contribution < -0.4 is 0 Å². The molecule has 2 aliphatic rings. The molecule has 1 heterocycles. The fourth-order valence-corrected chi connectivity index (χ4v) is 4.52. The second kappa shape index (κ2) is 5.45. The summed E-state index contributed by atoms with van der Waals surface area (Å²) in [6, 6.07) is 12.3. The van der Waals surface area contributed by atoms with Crippen LogP contribution in [0, 0.1) is 31.6 Å². The first-order chi connectivity index (χ1) is 11.1. The molecule has 0 unspecified atom stereocenters. The number of carbonyl (C=O) groups is 1. The van der Waals surface area contributed by atoms with Crippen LogP contribution in [0.25, 0.3) is 0 Å². The lowest BCUT2D eigenvalue weighted by Crippen LogP contribution is -2.27. The van der Waals surface area contributed by atoms with E-state index in [2.05, 4.69) is 49.2 Å². The van der Waals surface area contributed by atoms with Crippen LogP contribution >= 0.6 is 0 Å². The highest BCUT2D eigenvalue weighted by atomic mass is 16.1. The van der Waals surface area contributed by atoms with Crippen molar-refractivity contribution in [3.8, 4) is 0 Å². The Hall–Kier alpha value is -2.22. The summed E-state index contributed by atoms with van der Waals surface area (Å²) in [5.41, 5.74) is 4.47. The number of rotatable bonds is 3. The molecule has 1 saturated carbocycles. The fraction of sp³-hybridized carbons (Fsp3) is 0.333. The highest BCUT2D eigenvalue weighted by Gasteiger charge is 2.48. The number of aryl methyl sites for hydroxylation is 2. The maximum atomic E-state index is 13.1. The number of ketones is 1. The van der Waals surface area contributed by atoms with E-state index in [1.54, 1.807) is 6.20 Å². The molecule has 0 spiro atoms. The predicted molar refractivity (Wildman–Crippen MR) is 91.5 cm³/mol. The molecule has 116 valence electrons. The minimum absolute atomic E-state index is 0.0288. The van der Waals surface area contributed by atoms with Crippen LogP contribution in [-0.2, 0) is 0 Å². The molecular formula is C21H21NO. The largest absolute Gasteiger partial charge is 0.292 e. The van der Waals surface area contributed by atoms with Gasteiger partial charge >= 0.3 is 0 Å². The molecule has 0 amide bonds. The summed E-state index contributed by atoms with van der Waals surface area (Å²) in [4.78, 5) is 17.4. The van der Waals surface area contributed by atoms with Gasteiger partial charge in [-0.2, -0.15) is 0 Å². The Morgan fingerprint density at radius 1 is 1.04 bits per heavy atom. The number of benzene rings is 1. The number of Topliss-reactive ketones (excluding diaryl/α,β-unsaturated/α-hetero) is 1. The minimum atomic E-state index is 0.0288. The van der Waals surface area contributed by atoms with Crippen LogP contribution in [0.4, 0.5) is 0 Å². The Balaban J connectivity index is 1.75. The van der Waals surface area contributed by atoms with Crippen molar-refractivity contribution in [2.45, 2.75) is 26.2 Å². The van der Waals surface area contributed by atoms with Gasteiger partial charge in [0.25, 0.3) is 0 Å². The number of allylic oxidation sites excluding steroid dienone is 2. The molecule has 2 heteroatoms. The first kappa shape index (κ1) is 14.4. The molecule has 1 aromatic carbocycles. The van der Waals surface area contributed by atoms with E-state index in [4.69, 9.17) is 0 Å². The lowest BCUT2D eigenvalue weighted by Gasteiger charge is -2.28. The third-order valence-corrected chi connectivity index (χ3v) is 5.31. The van der Waals surface area contributed by atoms with Gasteiger partial charge in [-0.1, -0.05) is 47.5 Å². The molecule has 1 aromatic heterocycles. The first-order valence-electron chi connectivity index (χ1n) is 8.35. The van der Waals surface area contributed by atoms with Gasteiger partial charge in [-0.15, -0.1) is 0 Å². The number of hydrogen-bond acceptors (Lipinski definition) is 2. The maximum Gasteiger partial charge on any atom is 0.185 e. The molecule has 23 heavy (non-hydrogen) atoms. The van der Waals surface area contributed by atoms with Gasteiger partial charge in [-0.25, -0.2) is 0 Å². The number of nitrogens with zero attached hydrogens (tertiary/aromatic N) is 1. The Morgan fingerprint density at radius 3 is 2.48 bits per heavy atom. The van der Waals surface area contributed by atoms with Crippen molar-refractivity contribution in [2.75, 3.05) is 0 Å². The molecule has 2 nitrogen and oxygen atoms in total. The van der Waals surface area contributed by atoms with E-state index in [1.165, 1.54) is 16.7 Å². The smallest absolute Gasteiger partial charge is 0.185 e. The molecule has 4 rings (SSSR count). The second-order valence-electron chi connectivity index (χ2n) is 7.00. The molecule has 4 atom stereocenters. The summed E-state index contributed by atoms with van der Waals surface area (Å²) in [6.07, 6.45) is 7.37. The molecule has 0 aliphatic heterocycles. The van der Waals surface area contributed by atoms with E-state index in [0.29, 0.717) is 17.5 Å². The summed E-state index contributed by atoms with van der Waals surface area (Å²) in [7, 11) is 0. The Kier molecular flexibility index (Phi) is 3.41. The predicted octanol–water partition coefficient (Wildman–Crippen LogP) is 4.49. The molecule has 0 saturated heterocycles. The number of aromatic nitrogens is 1. The minimum Gasteiger partial charge on any atom is -0.292 e. The standard InChI is InChI=1S/C21H21NO/c1-13-9-14(2)11-17(10-13)19-15-6-7-16(12-15)20(19)21(23)18-5-3-4-8-22-18/h3-11,15-16,19-20H,12H2,1-2H3/t15-,16+,19-,20+/m1/s1. The van der Waals surface area contributed by atoms with Crippen molar-refractivity contribution >= 4 is 5.78 Å². The zero-order valence-corrected chi connectivity index (χ0v) is 13.6. The van der Waals surface area contributed by atoms with Gasteiger partial charge in [0.05, 0.1) is 0 Å². The van der Waals surface area contributed by atoms with Gasteiger partial charge in [0, 0.05) is 18.0 Å². The molecule has 0 N–H and O–H groups in total. The van der Waals surface area contributed by atoms with Crippen LogP contribution in [0.15, 0.2) is 54.7 Å². The summed E-state index contributed by atoms with van der Waals surface area (Å²) in [6.45, 7) is 4.27. The zero-order chi connectivity index (χ0) is 16.0. The van der Waals surface area contributed by atoms with Crippen LogP contribution in [0.5, 0.6) is 0 Å². The van der Waals surface area contributed by atoms with Gasteiger partial charge in [0.2, 0.25) is 0 Å². The Bertz CT molecular complexity index is 757. The van der Waals surface area contributed by atoms with E-state index < -0.39 is 0 Å². The highest BCUT2D eigenvalue weighted by Crippen LogP contribution is 2.54. The maximum absolute atomic E-state index is 13.1. The van der Waals surface area contributed by atoms with Crippen molar-refractivity contribution < 1.29 is 4.79 Å². The summed E-state index contributed by atoms with van der Waals surface area (Å²) in [5.74, 6) is 1.37. The van der Waals surface area contributed by atoms with Gasteiger partial charge in [0.1, 0.15) is 5.69 Å². The summed E-state index contributed by atoms with van der Waals surface area (Å²) >= 11 is 0. The van der Waals surface area contributed by atoms with Crippen molar-refractivity contribution in [3.63, 3.8) is 0 Å². The monoisotopic (exact) mass is 303 g/mol. The van der Waals surface area contributed by atoms with E-state index in [1.807, 2.05) is 18.2 Å². The van der Waals surface area contributed by atoms with E-state index >= 15 is 0 Å². The van der Waals surface area contributed by atoms with Gasteiger partial charge in [0.15, 0.2) is 5.78 Å². The topological polar surface area (TPSA) is 30.0 Å². The normalized spacial score (nSPS) is 28.3. The zero-order valence-electron chi connectivity index (χ0n) is 13.6. The Morgan fingerprint density at radius 2 is 1.78 bits per heavy atom. The third kappa shape index (κ3) is 2.42. The molecular weight excluding hydrogens is 282 g/mol. The van der Waals surface area contributed by atoms with Crippen molar-refractivity contribution in [1.29, 1.82) is 0 Å². The van der Waals surface area contributed by atoms with Crippen molar-refractivity contribution in [3.05, 3.63) is 77.1 Å². The molecule has 0 radical (unpaired) electrons. The molecule has 1 fully saturated rings. The molecule has 2 aliphatic carbocycles. The average molecular weight is 303 g/mol. The van der Waals surface area contributed by atoms with Crippen LogP contribution in [0.3, 0.4) is 0 Å². The second-order valence-corrected chi connectivity index (χ2v) is 7.00. The number of hydrogen-bond donors (Lipinski definition) is 0. The SMILES string of the molecule is Cc1cc(C)cc([C@@H]2[C@@H](C(=O)c3ccccn3)[C@H]3C=C[C@@H]2C3)c1. The van der Waals surface area contributed by atoms with E-state index in [0.717, 1.165) is 6.42 Å². The van der Waals surface area contributed by atoms with Gasteiger partial charge in [-0.3, -0.25) is 9.78 Å². The number of pyridine rings is 1. The van der Waals surface area contributed by atoms with E-state index in [-0.39, 0.29) is 17.6 Å². The quantitative estimate of drug-likeness (QED) is 0.618. The first-order valence-corrected chi connectivity index (χ1v) is 8.35. The average Bonchev–Trinajstić information content (AvgIpc) is 3.15. The lowest BCUT2D eigenvalue weighted by atomic mass is 9.75. The fourth-order valence-electron chi connectivity index (χ4n) is 4.52. The number of fused-ring (bicyclic) bond motifs is 2. The number of carbonyl (C=O) groups excluding carboxylic acids is 1. The van der Waals surface area contributed by atoms with Crippen LogP contribution in [0.1, 0.15) is 39.5 Å². The van der Waals surface area contributed by atoms with Crippen LogP contribution in [-0.4, -0.2) is 10.8 Å².